The molecule has 1 N–H and O–H groups in total. The zero-order chi connectivity index (χ0) is 18.4. The number of fused-ring (bicyclic) bond motifs is 2. The molecule has 0 radical (unpaired) electrons. The summed E-state index contributed by atoms with van der Waals surface area (Å²) < 4.78 is 26.7. The van der Waals surface area contributed by atoms with E-state index in [0.29, 0.717) is 11.6 Å². The number of nitrogens with one attached hydrogen (secondary N) is 1. The lowest BCUT2D eigenvalue weighted by Gasteiger charge is -2.29. The number of amides is 1. The summed E-state index contributed by atoms with van der Waals surface area (Å²) in [5.74, 6) is -0.138. The Bertz CT molecular complexity index is 958. The Balaban J connectivity index is 1.54. The predicted octanol–water partition coefficient (Wildman–Crippen LogP) is 4.54. The maximum Gasteiger partial charge on any atom is 0.282 e. The van der Waals surface area contributed by atoms with Crippen LogP contribution < -0.4 is 5.32 Å². The van der Waals surface area contributed by atoms with Gasteiger partial charge in [-0.15, -0.1) is 23.2 Å². The minimum absolute atomic E-state index is 0.129. The summed E-state index contributed by atoms with van der Waals surface area (Å²) in [6, 6.07) is 5.69. The van der Waals surface area contributed by atoms with E-state index in [0.717, 1.165) is 24.0 Å². The van der Waals surface area contributed by atoms with Crippen LogP contribution in [0.2, 0.25) is 0 Å². The highest BCUT2D eigenvalue weighted by atomic mass is 35.5. The molecule has 1 amide bonds. The summed E-state index contributed by atoms with van der Waals surface area (Å²) in [6.45, 7) is 0. The van der Waals surface area contributed by atoms with Crippen molar-refractivity contribution in [2.24, 2.45) is 13.0 Å². The summed E-state index contributed by atoms with van der Waals surface area (Å²) in [5, 5.41) is 6.49. The van der Waals surface area contributed by atoms with Crippen LogP contribution in [-0.2, 0) is 12.5 Å². The van der Waals surface area contributed by atoms with Crippen molar-refractivity contribution in [1.82, 2.24) is 9.78 Å². The molecule has 136 valence electrons. The largest absolute Gasteiger partial charge is 0.322 e. The lowest BCUT2D eigenvalue weighted by molar-refractivity contribution is 0.101. The number of carbonyl (C=O) groups excluding carboxylic acids is 1. The molecule has 8 heteroatoms. The van der Waals surface area contributed by atoms with E-state index in [1.54, 1.807) is 6.07 Å². The molecule has 3 aliphatic carbocycles. The Labute approximate surface area is 158 Å². The van der Waals surface area contributed by atoms with Crippen molar-refractivity contribution in [3.8, 4) is 0 Å². The highest BCUT2D eigenvalue weighted by molar-refractivity contribution is 6.53. The first-order chi connectivity index (χ1) is 12.3. The molecule has 2 fully saturated rings. The topological polar surface area (TPSA) is 46.9 Å². The Hall–Kier alpha value is -1.66. The highest BCUT2D eigenvalue weighted by Gasteiger charge is 2.85. The third-order valence-electron chi connectivity index (χ3n) is 6.18. The van der Waals surface area contributed by atoms with Gasteiger partial charge < -0.3 is 5.32 Å². The fraction of sp³-hybridized carbons (Fsp3) is 0.444. The fourth-order valence-corrected chi connectivity index (χ4v) is 6.43. The SMILES string of the molecule is Cn1cc(C(=O)Nc2cccc3c2[C@@]24CC[C@H]3C2C4(Cl)Cl)c(C(F)F)n1. The van der Waals surface area contributed by atoms with Crippen LogP contribution in [0.25, 0.3) is 0 Å². The number of benzene rings is 1. The summed E-state index contributed by atoms with van der Waals surface area (Å²) in [4.78, 5) is 12.7. The first kappa shape index (κ1) is 16.5. The van der Waals surface area contributed by atoms with E-state index < -0.39 is 22.4 Å². The summed E-state index contributed by atoms with van der Waals surface area (Å²) in [5.41, 5.74) is 1.76. The van der Waals surface area contributed by atoms with Gasteiger partial charge in [0.15, 0.2) is 0 Å². The van der Waals surface area contributed by atoms with Gasteiger partial charge in [0.05, 0.1) is 5.56 Å². The van der Waals surface area contributed by atoms with Gasteiger partial charge in [-0.25, -0.2) is 8.78 Å². The van der Waals surface area contributed by atoms with Crippen LogP contribution in [-0.4, -0.2) is 20.0 Å². The molecule has 3 atom stereocenters. The lowest BCUT2D eigenvalue weighted by Crippen LogP contribution is -2.24. The first-order valence-corrected chi connectivity index (χ1v) is 9.19. The van der Waals surface area contributed by atoms with Crippen molar-refractivity contribution in [2.75, 3.05) is 5.32 Å². The maximum absolute atomic E-state index is 13.2. The summed E-state index contributed by atoms with van der Waals surface area (Å²) in [7, 11) is 1.50. The molecule has 0 saturated heterocycles. The van der Waals surface area contributed by atoms with Crippen LogP contribution in [0.1, 0.15) is 52.4 Å². The Morgan fingerprint density at radius 1 is 1.42 bits per heavy atom. The molecule has 1 unspecified atom stereocenters. The molecule has 1 aromatic carbocycles. The van der Waals surface area contributed by atoms with E-state index >= 15 is 0 Å². The van der Waals surface area contributed by atoms with Gasteiger partial charge >= 0.3 is 0 Å². The number of carbonyl (C=O) groups is 1. The Kier molecular flexibility index (Phi) is 3.17. The molecule has 0 spiro atoms. The average Bonchev–Trinajstić information content (AvgIpc) is 3.05. The number of aryl methyl sites for hydroxylation is 1. The van der Waals surface area contributed by atoms with Gasteiger partial charge in [0.25, 0.3) is 12.3 Å². The quantitative estimate of drug-likeness (QED) is 0.772. The lowest BCUT2D eigenvalue weighted by atomic mass is 9.82. The molecule has 2 bridgehead atoms. The number of aromatic nitrogens is 2. The van der Waals surface area contributed by atoms with Crippen LogP contribution in [0.5, 0.6) is 0 Å². The Morgan fingerprint density at radius 2 is 2.19 bits per heavy atom. The third kappa shape index (κ3) is 1.79. The van der Waals surface area contributed by atoms with Crippen LogP contribution in [0.15, 0.2) is 24.4 Å². The van der Waals surface area contributed by atoms with Crippen molar-refractivity contribution in [3.63, 3.8) is 0 Å². The van der Waals surface area contributed by atoms with Crippen LogP contribution in [0, 0.1) is 5.92 Å². The number of alkyl halides is 4. The molecule has 1 heterocycles. The molecular formula is C18H15Cl2F2N3O. The smallest absolute Gasteiger partial charge is 0.282 e. The van der Waals surface area contributed by atoms with E-state index in [1.807, 2.05) is 12.1 Å². The molecule has 1 aromatic heterocycles. The second kappa shape index (κ2) is 4.98. The minimum Gasteiger partial charge on any atom is -0.322 e. The van der Waals surface area contributed by atoms with Crippen LogP contribution in [0.4, 0.5) is 14.5 Å². The number of hydrogen-bond acceptors (Lipinski definition) is 2. The minimum atomic E-state index is -2.82. The van der Waals surface area contributed by atoms with Gasteiger partial charge in [-0.2, -0.15) is 5.10 Å². The fourth-order valence-electron chi connectivity index (χ4n) is 5.25. The van der Waals surface area contributed by atoms with Crippen molar-refractivity contribution >= 4 is 34.8 Å². The second-order valence-electron chi connectivity index (χ2n) is 7.34. The zero-order valence-corrected chi connectivity index (χ0v) is 15.3. The third-order valence-corrected chi connectivity index (χ3v) is 7.33. The van der Waals surface area contributed by atoms with Crippen LogP contribution in [0.3, 0.4) is 0 Å². The van der Waals surface area contributed by atoms with E-state index in [9.17, 15) is 13.6 Å². The Morgan fingerprint density at radius 3 is 2.88 bits per heavy atom. The van der Waals surface area contributed by atoms with Crippen molar-refractivity contribution in [1.29, 1.82) is 0 Å². The van der Waals surface area contributed by atoms with Crippen molar-refractivity contribution in [2.45, 2.75) is 34.9 Å². The summed E-state index contributed by atoms with van der Waals surface area (Å²) in [6.07, 6.45) is 0.399. The molecule has 0 aliphatic heterocycles. The van der Waals surface area contributed by atoms with E-state index in [4.69, 9.17) is 23.2 Å². The van der Waals surface area contributed by atoms with Crippen LogP contribution >= 0.6 is 23.2 Å². The zero-order valence-electron chi connectivity index (χ0n) is 13.8. The first-order valence-electron chi connectivity index (χ1n) is 8.43. The van der Waals surface area contributed by atoms with E-state index in [-0.39, 0.29) is 16.9 Å². The molecule has 2 saturated carbocycles. The molecule has 5 rings (SSSR count). The molecule has 4 nitrogen and oxygen atoms in total. The number of nitrogens with zero attached hydrogens (tertiary/aromatic N) is 2. The predicted molar refractivity (Wildman–Crippen MR) is 94.1 cm³/mol. The average molecular weight is 398 g/mol. The normalized spacial score (nSPS) is 29.6. The molecule has 2 aromatic rings. The molecule has 3 aliphatic rings. The summed E-state index contributed by atoms with van der Waals surface area (Å²) >= 11 is 13.1. The van der Waals surface area contributed by atoms with Gasteiger partial charge in [0, 0.05) is 30.3 Å². The van der Waals surface area contributed by atoms with Gasteiger partial charge in [0.1, 0.15) is 10.0 Å². The van der Waals surface area contributed by atoms with Crippen molar-refractivity contribution < 1.29 is 13.6 Å². The van der Waals surface area contributed by atoms with Gasteiger partial charge in [0.2, 0.25) is 0 Å². The highest BCUT2D eigenvalue weighted by Crippen LogP contribution is 2.85. The van der Waals surface area contributed by atoms with E-state index in [2.05, 4.69) is 10.4 Å². The number of anilines is 1. The van der Waals surface area contributed by atoms with E-state index in [1.165, 1.54) is 17.9 Å². The molecular weight excluding hydrogens is 383 g/mol. The maximum atomic E-state index is 13.2. The van der Waals surface area contributed by atoms with Crippen molar-refractivity contribution in [3.05, 3.63) is 46.8 Å². The van der Waals surface area contributed by atoms with Gasteiger partial charge in [-0.3, -0.25) is 9.48 Å². The van der Waals surface area contributed by atoms with Gasteiger partial charge in [-0.05, 0) is 36.0 Å². The number of rotatable bonds is 3. The molecule has 26 heavy (non-hydrogen) atoms. The number of hydrogen-bond donors (Lipinski definition) is 1. The monoisotopic (exact) mass is 397 g/mol. The second-order valence-corrected chi connectivity index (χ2v) is 8.73. The number of halogens is 4. The van der Waals surface area contributed by atoms with Gasteiger partial charge in [-0.1, -0.05) is 12.1 Å². The standard InChI is InChI=1S/C18H15Cl2F2N3O/c1-25-7-10(13(24-25)15(21)22)16(26)23-11-4-2-3-8-9-5-6-17(12(8)11)14(9)18(17,19)20/h2-4,7,9,14-15H,5-6H2,1H3,(H,23,26)/t9-,14?,17+/m1/s1.